The van der Waals surface area contributed by atoms with Crippen LogP contribution in [0.25, 0.3) is 0 Å². The monoisotopic (exact) mass is 465 g/mol. The Morgan fingerprint density at radius 3 is 2.61 bits per heavy atom. The molecule has 1 aromatic rings. The van der Waals surface area contributed by atoms with E-state index in [4.69, 9.17) is 4.74 Å². The van der Waals surface area contributed by atoms with Gasteiger partial charge >= 0.3 is 0 Å². The number of nitrogens with one attached hydrogen (secondary N) is 1. The van der Waals surface area contributed by atoms with E-state index >= 15 is 0 Å². The number of benzene rings is 1. The molecule has 1 atom stereocenters. The van der Waals surface area contributed by atoms with E-state index in [9.17, 15) is 4.79 Å². The summed E-state index contributed by atoms with van der Waals surface area (Å²) in [5.41, 5.74) is 0.267. The molecule has 1 saturated heterocycles. The molecule has 3 rings (SSSR count). The second-order valence-electron chi connectivity index (χ2n) is 7.05. The maximum absolute atomic E-state index is 13.0. The van der Waals surface area contributed by atoms with Crippen LogP contribution in [0.2, 0.25) is 0 Å². The van der Waals surface area contributed by atoms with Crippen molar-refractivity contribution in [3.8, 4) is 5.75 Å². The Balaban J connectivity index is 0.00000192. The molecule has 128 valence electrons. The summed E-state index contributed by atoms with van der Waals surface area (Å²) in [5, 5.41) is 0. The molecule has 1 N–H and O–H groups in total. The summed E-state index contributed by atoms with van der Waals surface area (Å²) in [6.45, 7) is 8.04. The minimum atomic E-state index is -0.427. The van der Waals surface area contributed by atoms with Crippen LogP contribution in [0, 0.1) is 11.3 Å². The van der Waals surface area contributed by atoms with Gasteiger partial charge in [0.1, 0.15) is 17.8 Å². The van der Waals surface area contributed by atoms with Crippen LogP contribution in [0.1, 0.15) is 37.0 Å². The lowest BCUT2D eigenvalue weighted by molar-refractivity contribution is -0.911. The quantitative estimate of drug-likeness (QED) is 0.670. The van der Waals surface area contributed by atoms with E-state index in [1.54, 1.807) is 0 Å². The summed E-state index contributed by atoms with van der Waals surface area (Å²) >= 11 is 6.96. The van der Waals surface area contributed by atoms with Crippen molar-refractivity contribution in [1.29, 1.82) is 0 Å². The third kappa shape index (κ3) is 3.94. The van der Waals surface area contributed by atoms with E-state index in [-0.39, 0.29) is 18.2 Å². The number of hydrogen-bond acceptors (Lipinski definition) is 2. The van der Waals surface area contributed by atoms with Gasteiger partial charge in [-0.05, 0) is 53.7 Å². The van der Waals surface area contributed by atoms with Crippen molar-refractivity contribution in [2.75, 3.05) is 26.2 Å². The van der Waals surface area contributed by atoms with E-state index in [1.165, 1.54) is 30.8 Å². The molecule has 23 heavy (non-hydrogen) atoms. The fourth-order valence-corrected chi connectivity index (χ4v) is 4.87. The summed E-state index contributed by atoms with van der Waals surface area (Å²) in [7, 11) is 0. The summed E-state index contributed by atoms with van der Waals surface area (Å²) in [6.07, 6.45) is 2.52. The zero-order valence-electron chi connectivity index (χ0n) is 13.4. The van der Waals surface area contributed by atoms with Crippen LogP contribution >= 0.6 is 31.9 Å². The predicted octanol–water partition coefficient (Wildman–Crippen LogP) is 0.112. The Hall–Kier alpha value is -0.100. The Bertz CT molecular complexity index is 603. The highest BCUT2D eigenvalue weighted by Crippen LogP contribution is 2.40. The van der Waals surface area contributed by atoms with Crippen LogP contribution in [0.4, 0.5) is 0 Å². The van der Waals surface area contributed by atoms with E-state index < -0.39 is 5.41 Å². The largest absolute Gasteiger partial charge is 1.00 e. The van der Waals surface area contributed by atoms with Crippen LogP contribution < -0.4 is 22.0 Å². The third-order valence-electron chi connectivity index (χ3n) is 4.96. The number of piperidine rings is 1. The lowest BCUT2D eigenvalue weighted by atomic mass is 9.80. The number of carbonyl (C=O) groups excluding carboxylic acids is 1. The van der Waals surface area contributed by atoms with Crippen LogP contribution in [-0.2, 0) is 0 Å². The van der Waals surface area contributed by atoms with Crippen molar-refractivity contribution in [3.05, 3.63) is 26.6 Å². The Labute approximate surface area is 160 Å². The molecule has 1 aromatic carbocycles. The number of likely N-dealkylation sites (tertiary alicyclic amines) is 1. The normalized spacial score (nSPS) is 30.2. The number of rotatable bonds is 2. The molecule has 1 unspecified atom stereocenters. The number of halogens is 3. The highest BCUT2D eigenvalue weighted by atomic mass is 79.9. The molecule has 0 bridgehead atoms. The Kier molecular flexibility index (Phi) is 6.21. The number of Topliss-reactive ketones (excluding diaryl/α,β-unsaturated/α-hetero) is 1. The van der Waals surface area contributed by atoms with Crippen molar-refractivity contribution in [2.45, 2.75) is 26.7 Å². The van der Waals surface area contributed by atoms with Crippen LogP contribution in [0.15, 0.2) is 21.1 Å². The SMILES string of the molecule is CC1CC[NH+](CC2(C)COc3c(Br)cc(Br)cc3C2=O)CC1.[Cl-]. The zero-order chi connectivity index (χ0) is 15.9. The molecule has 3 nitrogen and oxygen atoms in total. The first-order valence-electron chi connectivity index (χ1n) is 7.89. The third-order valence-corrected chi connectivity index (χ3v) is 6.00. The zero-order valence-corrected chi connectivity index (χ0v) is 17.4. The second-order valence-corrected chi connectivity index (χ2v) is 8.82. The fraction of sp³-hybridized carbons (Fsp3) is 0.588. The molecular weight excluding hydrogens is 445 g/mol. The molecule has 0 spiro atoms. The van der Waals surface area contributed by atoms with E-state index in [2.05, 4.69) is 45.7 Å². The Morgan fingerprint density at radius 1 is 1.30 bits per heavy atom. The van der Waals surface area contributed by atoms with Crippen LogP contribution in [0.3, 0.4) is 0 Å². The minimum absolute atomic E-state index is 0. The summed E-state index contributed by atoms with van der Waals surface area (Å²) in [4.78, 5) is 14.6. The molecular formula is C17H22Br2ClNO2. The fourth-order valence-electron chi connectivity index (χ4n) is 3.53. The van der Waals surface area contributed by atoms with Gasteiger partial charge in [0.05, 0.1) is 29.7 Å². The molecule has 0 amide bonds. The second kappa shape index (κ2) is 7.42. The first kappa shape index (κ1) is 19.2. The van der Waals surface area contributed by atoms with Gasteiger partial charge in [0.2, 0.25) is 0 Å². The first-order valence-corrected chi connectivity index (χ1v) is 9.48. The van der Waals surface area contributed by atoms with Gasteiger partial charge in [-0.1, -0.05) is 22.9 Å². The maximum Gasteiger partial charge on any atom is 0.181 e. The molecule has 0 aliphatic carbocycles. The molecule has 6 heteroatoms. The number of ether oxygens (including phenoxy) is 1. The van der Waals surface area contributed by atoms with Gasteiger partial charge in [-0.2, -0.15) is 0 Å². The highest BCUT2D eigenvalue weighted by molar-refractivity contribution is 9.11. The number of fused-ring (bicyclic) bond motifs is 1. The van der Waals surface area contributed by atoms with Crippen LogP contribution in [0.5, 0.6) is 5.75 Å². The van der Waals surface area contributed by atoms with Gasteiger partial charge in [-0.3, -0.25) is 4.79 Å². The average molecular weight is 468 g/mol. The van der Waals surface area contributed by atoms with Gasteiger partial charge in [-0.15, -0.1) is 0 Å². The van der Waals surface area contributed by atoms with Crippen molar-refractivity contribution in [1.82, 2.24) is 0 Å². The molecule has 0 radical (unpaired) electrons. The maximum atomic E-state index is 13.0. The minimum Gasteiger partial charge on any atom is -1.00 e. The van der Waals surface area contributed by atoms with Gasteiger partial charge in [0.15, 0.2) is 5.78 Å². The number of quaternary nitrogens is 1. The number of ketones is 1. The Morgan fingerprint density at radius 2 is 1.96 bits per heavy atom. The van der Waals surface area contributed by atoms with E-state index in [0.29, 0.717) is 17.9 Å². The van der Waals surface area contributed by atoms with Crippen molar-refractivity contribution in [2.24, 2.45) is 11.3 Å². The highest BCUT2D eigenvalue weighted by Gasteiger charge is 2.44. The first-order chi connectivity index (χ1) is 10.4. The van der Waals surface area contributed by atoms with Gasteiger partial charge in [-0.25, -0.2) is 0 Å². The van der Waals surface area contributed by atoms with Crippen molar-refractivity contribution < 1.29 is 26.8 Å². The van der Waals surface area contributed by atoms with E-state index in [1.807, 2.05) is 12.1 Å². The number of carbonyl (C=O) groups is 1. The van der Waals surface area contributed by atoms with Gasteiger partial charge in [0.25, 0.3) is 0 Å². The molecule has 2 aliphatic heterocycles. The smallest absolute Gasteiger partial charge is 0.181 e. The average Bonchev–Trinajstić information content (AvgIpc) is 2.46. The molecule has 2 heterocycles. The lowest BCUT2D eigenvalue weighted by Crippen LogP contribution is -3.14. The lowest BCUT2D eigenvalue weighted by Gasteiger charge is -2.37. The standard InChI is InChI=1S/C17H21Br2NO2.ClH/c1-11-3-5-20(6-4-11)9-17(2)10-22-15-13(16(17)21)7-12(18)8-14(15)19;/h7-8,11H,3-6,9-10H2,1-2H3;1H. The van der Waals surface area contributed by atoms with Gasteiger partial charge in [0, 0.05) is 4.47 Å². The predicted molar refractivity (Wildman–Crippen MR) is 93.7 cm³/mol. The molecule has 1 fully saturated rings. The van der Waals surface area contributed by atoms with Crippen molar-refractivity contribution in [3.63, 3.8) is 0 Å². The van der Waals surface area contributed by atoms with Crippen molar-refractivity contribution >= 4 is 37.6 Å². The summed E-state index contributed by atoms with van der Waals surface area (Å²) in [5.74, 6) is 1.72. The molecule has 2 aliphatic rings. The number of hydrogen-bond donors (Lipinski definition) is 1. The topological polar surface area (TPSA) is 30.7 Å². The summed E-state index contributed by atoms with van der Waals surface area (Å²) < 4.78 is 7.70. The molecule has 0 aromatic heterocycles. The van der Waals surface area contributed by atoms with E-state index in [0.717, 1.165) is 21.4 Å². The molecule has 0 saturated carbocycles. The van der Waals surface area contributed by atoms with Gasteiger partial charge < -0.3 is 22.0 Å². The van der Waals surface area contributed by atoms with Crippen LogP contribution in [-0.4, -0.2) is 32.0 Å². The summed E-state index contributed by atoms with van der Waals surface area (Å²) in [6, 6.07) is 3.81.